The molecule has 0 saturated carbocycles. The van der Waals surface area contributed by atoms with Gasteiger partial charge in [0.1, 0.15) is 9.84 Å². The van der Waals surface area contributed by atoms with E-state index in [1.54, 1.807) is 110 Å². The zero-order valence-electron chi connectivity index (χ0n) is 76.7. The lowest BCUT2D eigenvalue weighted by molar-refractivity contribution is 0.0906. The number of aromatic nitrogens is 12. The molecule has 680 valence electrons. The number of imidazole rings is 4. The van der Waals surface area contributed by atoms with Gasteiger partial charge in [0.25, 0.3) is 0 Å². The number of nitrogens with zero attached hydrogens (tertiary/aromatic N) is 12. The van der Waals surface area contributed by atoms with Gasteiger partial charge >= 0.3 is 22.8 Å². The SMILES string of the molecule is Cc1cc(-n2c(=O)n(C(C)C)c3cc(C(=O)CC4(C)CCS(=O)(=O)CC4)ccc32)c(C)cn1.Cc1cc(-n2c(=O)n(C(C)C)c3cc(C(=O)CC4(C)CS(=O)(=O)C4)ccc32)c(C)cn1.Cc1cc(-n2c(=O)n(C(C)C)c3cc(C(=O)C[C@@]4(C)CCS(=O)(=O)C4)ccc32)c(C)cn1.Cc1cc(-n2c(=O)n(C(C)C)c3cc(C(=O)C[C@]4(C)CCS(=O)(=O)C4)ccc32)c(C)cn1. The highest BCUT2D eigenvalue weighted by atomic mass is 32.2. The maximum absolute atomic E-state index is 13.5. The van der Waals surface area contributed by atoms with E-state index in [2.05, 4.69) is 19.9 Å². The molecule has 128 heavy (non-hydrogen) atoms. The van der Waals surface area contributed by atoms with Gasteiger partial charge in [0.2, 0.25) is 0 Å². The van der Waals surface area contributed by atoms with Crippen LogP contribution in [0.2, 0.25) is 0 Å². The molecule has 0 spiro atoms. The molecule has 0 amide bonds. The van der Waals surface area contributed by atoms with Gasteiger partial charge < -0.3 is 0 Å². The van der Waals surface area contributed by atoms with Gasteiger partial charge in [0, 0.05) is 125 Å². The maximum Gasteiger partial charge on any atom is 0.333 e. The first kappa shape index (κ1) is 94.6. The van der Waals surface area contributed by atoms with Crippen molar-refractivity contribution in [2.75, 3.05) is 46.0 Å². The molecular formula is C96H116N12O16S4. The highest BCUT2D eigenvalue weighted by molar-refractivity contribution is 7.93. The van der Waals surface area contributed by atoms with E-state index < -0.39 is 55.6 Å². The molecule has 28 nitrogen and oxygen atoms in total. The van der Waals surface area contributed by atoms with E-state index in [1.807, 2.05) is 187 Å². The smallest absolute Gasteiger partial charge is 0.294 e. The summed E-state index contributed by atoms with van der Waals surface area (Å²) in [5.41, 5.74) is 15.1. The maximum atomic E-state index is 13.5. The van der Waals surface area contributed by atoms with Crippen LogP contribution < -0.4 is 22.8 Å². The van der Waals surface area contributed by atoms with Gasteiger partial charge in [-0.05, 0) is 272 Å². The van der Waals surface area contributed by atoms with Crippen LogP contribution in [0.5, 0.6) is 0 Å². The molecule has 0 unspecified atom stereocenters. The van der Waals surface area contributed by atoms with Crippen molar-refractivity contribution >= 4 is 107 Å². The van der Waals surface area contributed by atoms with E-state index in [9.17, 15) is 72.0 Å². The minimum absolute atomic E-state index is 0.0230. The van der Waals surface area contributed by atoms with E-state index >= 15 is 0 Å². The number of aryl methyl sites for hydroxylation is 8. The van der Waals surface area contributed by atoms with Crippen molar-refractivity contribution in [1.82, 2.24) is 56.5 Å². The first-order chi connectivity index (χ1) is 59.6. The van der Waals surface area contributed by atoms with Crippen molar-refractivity contribution in [3.63, 3.8) is 0 Å². The number of carbonyl (C=O) groups excluding carboxylic acids is 4. The zero-order valence-corrected chi connectivity index (χ0v) is 80.0. The van der Waals surface area contributed by atoms with Gasteiger partial charge in [-0.15, -0.1) is 0 Å². The predicted octanol–water partition coefficient (Wildman–Crippen LogP) is 15.1. The van der Waals surface area contributed by atoms with Crippen molar-refractivity contribution in [3.05, 3.63) is 231 Å². The van der Waals surface area contributed by atoms with Crippen molar-refractivity contribution in [3.8, 4) is 22.7 Å². The first-order valence-electron chi connectivity index (χ1n) is 43.4. The third-order valence-electron chi connectivity index (χ3n) is 25.3. The average molecular weight is 1820 g/mol. The van der Waals surface area contributed by atoms with E-state index in [-0.39, 0.29) is 141 Å². The number of Topliss-reactive ketones (excluding diaryl/α,β-unsaturated/α-hetero) is 4. The van der Waals surface area contributed by atoms with E-state index in [4.69, 9.17) is 0 Å². The summed E-state index contributed by atoms with van der Waals surface area (Å²) >= 11 is 0. The topological polar surface area (TPSA) is 364 Å². The van der Waals surface area contributed by atoms with Crippen molar-refractivity contribution in [2.24, 2.45) is 21.7 Å². The average Bonchev–Trinajstić information content (AvgIpc) is 1.60. The second kappa shape index (κ2) is 35.1. The molecule has 0 radical (unpaired) electrons. The second-order valence-corrected chi connectivity index (χ2v) is 47.3. The Kier molecular flexibility index (Phi) is 26.0. The van der Waals surface area contributed by atoms with Crippen LogP contribution in [0.3, 0.4) is 0 Å². The number of pyridine rings is 4. The summed E-state index contributed by atoms with van der Waals surface area (Å²) in [4.78, 5) is 123. The molecule has 16 rings (SSSR count). The van der Waals surface area contributed by atoms with Crippen LogP contribution in [0.25, 0.3) is 66.9 Å². The van der Waals surface area contributed by atoms with Gasteiger partial charge in [-0.2, -0.15) is 0 Å². The Morgan fingerprint density at radius 3 is 0.727 bits per heavy atom. The molecule has 32 heteroatoms. The molecule has 4 fully saturated rings. The fourth-order valence-corrected chi connectivity index (χ4v) is 27.2. The minimum atomic E-state index is -3.08. The van der Waals surface area contributed by atoms with Gasteiger partial charge in [0.05, 0.1) is 113 Å². The van der Waals surface area contributed by atoms with Crippen LogP contribution in [-0.2, 0) is 39.3 Å². The second-order valence-electron chi connectivity index (χ2n) is 38.6. The lowest BCUT2D eigenvalue weighted by Gasteiger charge is -2.37. The number of carbonyl (C=O) groups is 4. The minimum Gasteiger partial charge on any atom is -0.294 e. The van der Waals surface area contributed by atoms with E-state index in [0.717, 1.165) is 89.8 Å². The number of ketones is 4. The quantitative estimate of drug-likeness (QED) is 0.0640. The number of rotatable bonds is 20. The van der Waals surface area contributed by atoms with Crippen molar-refractivity contribution in [1.29, 1.82) is 0 Å². The van der Waals surface area contributed by atoms with Crippen molar-refractivity contribution < 1.29 is 52.8 Å². The number of hydrogen-bond donors (Lipinski definition) is 0. The Bertz CT molecular complexity index is 7070. The fourth-order valence-electron chi connectivity index (χ4n) is 18.6. The number of benzene rings is 4. The van der Waals surface area contributed by atoms with Crippen LogP contribution >= 0.6 is 0 Å². The molecule has 4 aliphatic heterocycles. The zero-order chi connectivity index (χ0) is 93.7. The summed E-state index contributed by atoms with van der Waals surface area (Å²) in [6.07, 6.45) is 9.83. The summed E-state index contributed by atoms with van der Waals surface area (Å²) < 4.78 is 108. The lowest BCUT2D eigenvalue weighted by atomic mass is 9.78. The lowest BCUT2D eigenvalue weighted by Crippen LogP contribution is -2.47. The van der Waals surface area contributed by atoms with Crippen LogP contribution in [-0.4, -0.2) is 159 Å². The Morgan fingerprint density at radius 2 is 0.508 bits per heavy atom. The van der Waals surface area contributed by atoms with Crippen LogP contribution in [0.15, 0.2) is 141 Å². The summed E-state index contributed by atoms with van der Waals surface area (Å²) in [6.45, 7) is 38.3. The molecule has 0 N–H and O–H groups in total. The Balaban J connectivity index is 0.000000146. The number of sulfone groups is 4. The molecule has 12 aromatic rings. The summed E-state index contributed by atoms with van der Waals surface area (Å²) in [5.74, 6) is 0.387. The van der Waals surface area contributed by atoms with Gasteiger partial charge in [0.15, 0.2) is 52.6 Å². The van der Waals surface area contributed by atoms with Crippen LogP contribution in [0.4, 0.5) is 0 Å². The third kappa shape index (κ3) is 19.5. The molecule has 4 aromatic carbocycles. The summed E-state index contributed by atoms with van der Waals surface area (Å²) in [5, 5.41) is 0. The molecule has 12 heterocycles. The van der Waals surface area contributed by atoms with Gasteiger partial charge in [-0.25, -0.2) is 52.8 Å². The highest BCUT2D eigenvalue weighted by Gasteiger charge is 2.47. The highest BCUT2D eigenvalue weighted by Crippen LogP contribution is 2.42. The van der Waals surface area contributed by atoms with Gasteiger partial charge in [-0.1, -0.05) is 27.7 Å². The standard InChI is InChI=1S/C25H31N3O4S.2C24H29N3O4S.C23H27N3O4S/c1-16(2)27-22-13-19(23(29)14-25(5)8-10-33(31,32)11-9-25)6-7-20(22)28(24(27)30)21-12-18(4)26-15-17(21)3;2*1-15(2)26-21-11-18(22(28)12-24(5)8-9-32(30,31)14-24)6-7-19(21)27(23(26)29)20-10-17(4)25-13-16(20)3;1-14(2)25-20-9-17(21(27)10-23(5)12-31(29,30)13-23)6-7-18(20)26(22(25)28)19-8-16(4)24-11-15(19)3/h6-7,12-13,15-16H,8-11,14H2,1-5H3;2*6-7,10-11,13,15H,8-9,12,14H2,1-5H3;6-9,11,14H,10,12-13H2,1-5H3/t;2*24-;/m.10./s1. The van der Waals surface area contributed by atoms with Crippen LogP contribution in [0.1, 0.15) is 245 Å². The Morgan fingerprint density at radius 1 is 0.297 bits per heavy atom. The molecule has 0 bridgehead atoms. The van der Waals surface area contributed by atoms with Gasteiger partial charge in [-0.3, -0.25) is 75.7 Å². The summed E-state index contributed by atoms with van der Waals surface area (Å²) in [6, 6.07) is 28.5. The third-order valence-corrected chi connectivity index (χ3v) is 33.2. The largest absolute Gasteiger partial charge is 0.333 e. The Labute approximate surface area is 746 Å². The molecule has 4 saturated heterocycles. The summed E-state index contributed by atoms with van der Waals surface area (Å²) in [7, 11) is -12.2. The molecule has 2 atom stereocenters. The first-order valence-corrected chi connectivity index (χ1v) is 50.7. The predicted molar refractivity (Wildman–Crippen MR) is 502 cm³/mol. The van der Waals surface area contributed by atoms with E-state index in [1.165, 1.54) is 0 Å². The molecule has 8 aromatic heterocycles. The molecule has 0 aliphatic carbocycles. The fraction of sp³-hybridized carbons (Fsp3) is 0.458. The van der Waals surface area contributed by atoms with E-state index in [0.29, 0.717) is 76.4 Å². The van der Waals surface area contributed by atoms with Crippen LogP contribution in [0, 0.1) is 77.0 Å². The molecule has 4 aliphatic rings. The van der Waals surface area contributed by atoms with Crippen molar-refractivity contribution in [2.45, 2.75) is 214 Å². The number of hydrogen-bond acceptors (Lipinski definition) is 20. The Hall–Kier alpha value is -11.0. The number of fused-ring (bicyclic) bond motifs is 4. The normalized spacial score (nSPS) is 18.8. The monoisotopic (exact) mass is 1820 g/mol. The molecular weight excluding hydrogens is 1710 g/mol.